The number of hydrogen-bond donors (Lipinski definition) is 1. The van der Waals surface area contributed by atoms with Crippen molar-refractivity contribution in [3.05, 3.63) is 170 Å². The summed E-state index contributed by atoms with van der Waals surface area (Å²) in [6.45, 7) is 4.08. The van der Waals surface area contributed by atoms with Crippen LogP contribution in [-0.2, 0) is 32.7 Å². The molecule has 0 aliphatic heterocycles. The van der Waals surface area contributed by atoms with Crippen LogP contribution < -0.4 is 0 Å². The Morgan fingerprint density at radius 2 is 0.730 bits per heavy atom. The molecule has 0 rings (SSSR count). The molecule has 0 bridgehead atoms. The van der Waals surface area contributed by atoms with E-state index in [1.165, 1.54) is 0 Å². The van der Waals surface area contributed by atoms with Crippen molar-refractivity contribution >= 4 is 19.8 Å². The lowest BCUT2D eigenvalue weighted by Crippen LogP contribution is -2.37. The third kappa shape index (κ3) is 56.7. The van der Waals surface area contributed by atoms with E-state index in [0.717, 1.165) is 128 Å². The number of nitrogens with zero attached hydrogens (tertiary/aromatic N) is 1. The summed E-state index contributed by atoms with van der Waals surface area (Å²) in [4.78, 5) is 35.6. The van der Waals surface area contributed by atoms with Gasteiger partial charge in [-0.15, -0.1) is 0 Å². The van der Waals surface area contributed by atoms with Crippen LogP contribution in [-0.4, -0.2) is 74.9 Å². The minimum Gasteiger partial charge on any atom is -0.462 e. The van der Waals surface area contributed by atoms with E-state index in [9.17, 15) is 19.0 Å². The van der Waals surface area contributed by atoms with Crippen molar-refractivity contribution in [2.45, 2.75) is 174 Å². The van der Waals surface area contributed by atoms with Gasteiger partial charge >= 0.3 is 19.8 Å². The number of carbonyl (C=O) groups is 2. The number of hydrogen-bond acceptors (Lipinski definition) is 7. The molecular formula is C64H101NO8P+. The van der Waals surface area contributed by atoms with Gasteiger partial charge in [0.25, 0.3) is 0 Å². The van der Waals surface area contributed by atoms with E-state index in [-0.39, 0.29) is 26.1 Å². The van der Waals surface area contributed by atoms with Gasteiger partial charge < -0.3 is 18.9 Å². The number of allylic oxidation sites excluding steroid dienone is 28. The molecule has 0 aromatic carbocycles. The average molecular weight is 1040 g/mol. The Morgan fingerprint density at radius 1 is 0.419 bits per heavy atom. The maximum absolute atomic E-state index is 12.8. The Balaban J connectivity index is 4.39. The summed E-state index contributed by atoms with van der Waals surface area (Å²) in [7, 11) is 1.40. The smallest absolute Gasteiger partial charge is 0.462 e. The summed E-state index contributed by atoms with van der Waals surface area (Å²) in [5.74, 6) is -0.897. The second-order valence-electron chi connectivity index (χ2n) is 18.8. The highest BCUT2D eigenvalue weighted by Crippen LogP contribution is 2.43. The number of rotatable bonds is 48. The molecule has 0 aliphatic carbocycles. The average Bonchev–Trinajstić information content (AvgIpc) is 3.36. The lowest BCUT2D eigenvalue weighted by molar-refractivity contribution is -0.870. The van der Waals surface area contributed by atoms with Crippen LogP contribution in [0.4, 0.5) is 0 Å². The van der Waals surface area contributed by atoms with Crippen LogP contribution >= 0.6 is 7.82 Å². The number of quaternary nitrogens is 1. The van der Waals surface area contributed by atoms with Gasteiger partial charge in [0.15, 0.2) is 6.10 Å². The van der Waals surface area contributed by atoms with Crippen molar-refractivity contribution in [1.82, 2.24) is 0 Å². The van der Waals surface area contributed by atoms with Gasteiger partial charge in [0.1, 0.15) is 19.8 Å². The van der Waals surface area contributed by atoms with Crippen molar-refractivity contribution in [3.63, 3.8) is 0 Å². The number of phosphoric acid groups is 1. The van der Waals surface area contributed by atoms with Crippen LogP contribution in [0.3, 0.4) is 0 Å². The molecule has 0 heterocycles. The van der Waals surface area contributed by atoms with Gasteiger partial charge in [-0.25, -0.2) is 4.57 Å². The SMILES string of the molecule is CC/C=C\C/C=C\C/C=C\C/C=C\C/C=C\C/C=C\C/C=C\C/C=C\CCCCCCC(=O)OC(COC(=O)CCCC/C=C\C/C=C\C/C=C\C/C=C\C/C=C\C/C=C\CC)COP(=O)(O)OCC[N+](C)(C)C. The predicted octanol–water partition coefficient (Wildman–Crippen LogP) is 17.5. The number of phosphoric ester groups is 1. The Kier molecular flexibility index (Phi) is 49.9. The molecule has 9 nitrogen and oxygen atoms in total. The summed E-state index contributed by atoms with van der Waals surface area (Å²) in [6, 6.07) is 0. The molecule has 74 heavy (non-hydrogen) atoms. The zero-order chi connectivity index (χ0) is 54.2. The maximum Gasteiger partial charge on any atom is 0.472 e. The summed E-state index contributed by atoms with van der Waals surface area (Å²) < 4.78 is 34.4. The maximum atomic E-state index is 12.8. The first-order valence-corrected chi connectivity index (χ1v) is 29.4. The number of likely N-dealkylation sites (N-methyl/N-ethyl adjacent to an activating group) is 1. The third-order valence-electron chi connectivity index (χ3n) is 10.7. The van der Waals surface area contributed by atoms with E-state index in [1.54, 1.807) is 0 Å². The molecule has 0 radical (unpaired) electrons. The molecule has 0 aromatic rings. The molecule has 10 heteroatoms. The Morgan fingerprint density at radius 3 is 1.09 bits per heavy atom. The van der Waals surface area contributed by atoms with Crippen LogP contribution in [0.1, 0.15) is 168 Å². The van der Waals surface area contributed by atoms with Gasteiger partial charge in [0.2, 0.25) is 0 Å². The Labute approximate surface area is 451 Å². The van der Waals surface area contributed by atoms with E-state index < -0.39 is 32.5 Å². The topological polar surface area (TPSA) is 108 Å². The van der Waals surface area contributed by atoms with Gasteiger partial charge in [-0.2, -0.15) is 0 Å². The molecule has 0 amide bonds. The number of unbranched alkanes of at least 4 members (excludes halogenated alkanes) is 6. The van der Waals surface area contributed by atoms with Crippen molar-refractivity contribution in [3.8, 4) is 0 Å². The molecule has 414 valence electrons. The van der Waals surface area contributed by atoms with Crippen LogP contribution in [0.5, 0.6) is 0 Å². The minimum atomic E-state index is -4.42. The number of ether oxygens (including phenoxy) is 2. The molecule has 1 N–H and O–H groups in total. The predicted molar refractivity (Wildman–Crippen MR) is 316 cm³/mol. The Bertz CT molecular complexity index is 1850. The molecule has 2 atom stereocenters. The normalized spacial score (nSPS) is 14.6. The van der Waals surface area contributed by atoms with E-state index in [2.05, 4.69) is 184 Å². The summed E-state index contributed by atoms with van der Waals surface area (Å²) in [5, 5.41) is 0. The lowest BCUT2D eigenvalue weighted by Gasteiger charge is -2.24. The standard InChI is InChI=1S/C64H100NO8P/c1-6-8-10-12-14-16-18-20-22-24-26-28-29-30-31-32-33-34-35-37-39-41-43-45-47-49-51-53-55-57-64(67)73-62(61-72-74(68,69)71-59-58-65(3,4)5)60-70-63(66)56-54-52-50-48-46-44-42-40-38-36-27-25-23-21-19-17-15-13-11-9-7-2/h8-11,14-17,20-23,26-28,30-31,33-34,36-37,39-40,42-43,45-46,48,62H,6-7,12-13,18-19,24-25,29,32,35,38,41,44,47,49-61H2,1-5H3/p+1/b10-8-,11-9-,16-14-,17-15-,22-20-,23-21-,28-26-,31-30-,34-33-,36-27-,39-37-,42-40-,45-43-,48-46-. The zero-order valence-electron chi connectivity index (χ0n) is 46.7. The fourth-order valence-electron chi connectivity index (χ4n) is 6.50. The summed E-state index contributed by atoms with van der Waals surface area (Å²) in [5.41, 5.74) is 0. The van der Waals surface area contributed by atoms with Crippen molar-refractivity contribution < 1.29 is 42.1 Å². The first-order chi connectivity index (χ1) is 36.0. The third-order valence-corrected chi connectivity index (χ3v) is 11.7. The highest BCUT2D eigenvalue weighted by Gasteiger charge is 2.27. The van der Waals surface area contributed by atoms with Crippen LogP contribution in [0, 0.1) is 0 Å². The monoisotopic (exact) mass is 1040 g/mol. The largest absolute Gasteiger partial charge is 0.472 e. The van der Waals surface area contributed by atoms with Gasteiger partial charge in [-0.05, 0) is 128 Å². The van der Waals surface area contributed by atoms with E-state index in [4.69, 9.17) is 18.5 Å². The second kappa shape index (κ2) is 53.2. The quantitative estimate of drug-likeness (QED) is 0.0211. The molecule has 2 unspecified atom stereocenters. The number of carbonyl (C=O) groups excluding carboxylic acids is 2. The zero-order valence-corrected chi connectivity index (χ0v) is 47.6. The fourth-order valence-corrected chi connectivity index (χ4v) is 7.24. The fraction of sp³-hybridized carbons (Fsp3) is 0.531. The molecule has 0 spiro atoms. The summed E-state index contributed by atoms with van der Waals surface area (Å²) in [6.07, 6.45) is 81.3. The van der Waals surface area contributed by atoms with E-state index >= 15 is 0 Å². The van der Waals surface area contributed by atoms with Crippen LogP contribution in [0.2, 0.25) is 0 Å². The lowest BCUT2D eigenvalue weighted by atomic mass is 10.1. The van der Waals surface area contributed by atoms with Crippen molar-refractivity contribution in [1.29, 1.82) is 0 Å². The van der Waals surface area contributed by atoms with Gasteiger partial charge in [0, 0.05) is 12.8 Å². The second-order valence-corrected chi connectivity index (χ2v) is 20.3. The first kappa shape index (κ1) is 69.4. The van der Waals surface area contributed by atoms with Crippen molar-refractivity contribution in [2.24, 2.45) is 0 Å². The first-order valence-electron chi connectivity index (χ1n) is 27.9. The molecule has 0 saturated carbocycles. The minimum absolute atomic E-state index is 0.00779. The highest BCUT2D eigenvalue weighted by atomic mass is 31.2. The van der Waals surface area contributed by atoms with Crippen LogP contribution in [0.15, 0.2) is 170 Å². The number of esters is 2. The molecule has 0 saturated heterocycles. The Hall–Kier alpha value is -4.63. The van der Waals surface area contributed by atoms with Gasteiger partial charge in [-0.1, -0.05) is 197 Å². The highest BCUT2D eigenvalue weighted by molar-refractivity contribution is 7.47. The molecular weight excluding hydrogens is 942 g/mol. The van der Waals surface area contributed by atoms with E-state index in [0.29, 0.717) is 23.9 Å². The molecule has 0 aliphatic rings. The van der Waals surface area contributed by atoms with Crippen molar-refractivity contribution in [2.75, 3.05) is 47.5 Å². The van der Waals surface area contributed by atoms with Gasteiger partial charge in [-0.3, -0.25) is 18.6 Å². The molecule has 0 fully saturated rings. The van der Waals surface area contributed by atoms with Gasteiger partial charge in [0.05, 0.1) is 27.7 Å². The van der Waals surface area contributed by atoms with Crippen LogP contribution in [0.25, 0.3) is 0 Å². The van der Waals surface area contributed by atoms with E-state index in [1.807, 2.05) is 21.1 Å². The summed E-state index contributed by atoms with van der Waals surface area (Å²) >= 11 is 0. The molecule has 0 aromatic heterocycles.